The molecule has 0 radical (unpaired) electrons. The summed E-state index contributed by atoms with van der Waals surface area (Å²) < 4.78 is 0. The SMILES string of the molecule is O=C(NC1CC1)c1ccnc(-c2cncs2)c1. The molecular weight excluding hydrogens is 234 g/mol. The number of aromatic nitrogens is 2. The highest BCUT2D eigenvalue weighted by Crippen LogP contribution is 2.22. The van der Waals surface area contributed by atoms with Crippen LogP contribution in [-0.4, -0.2) is 21.9 Å². The molecule has 1 aliphatic carbocycles. The number of thiazole rings is 1. The zero-order valence-corrected chi connectivity index (χ0v) is 9.91. The van der Waals surface area contributed by atoms with E-state index in [1.54, 1.807) is 24.0 Å². The highest BCUT2D eigenvalue weighted by molar-refractivity contribution is 7.13. The molecule has 5 heteroatoms. The molecule has 2 aromatic heterocycles. The third-order valence-electron chi connectivity index (χ3n) is 2.62. The summed E-state index contributed by atoms with van der Waals surface area (Å²) in [5.41, 5.74) is 3.22. The molecule has 17 heavy (non-hydrogen) atoms. The van der Waals surface area contributed by atoms with Gasteiger partial charge in [-0.15, -0.1) is 11.3 Å². The molecule has 0 atom stereocenters. The normalized spacial score (nSPS) is 14.6. The van der Waals surface area contributed by atoms with Gasteiger partial charge in [0, 0.05) is 24.0 Å². The summed E-state index contributed by atoms with van der Waals surface area (Å²) in [7, 11) is 0. The molecule has 0 saturated heterocycles. The lowest BCUT2D eigenvalue weighted by atomic mass is 10.2. The average Bonchev–Trinajstić information content (AvgIpc) is 3.00. The number of amides is 1. The van der Waals surface area contributed by atoms with E-state index in [2.05, 4.69) is 15.3 Å². The van der Waals surface area contributed by atoms with E-state index in [1.165, 1.54) is 11.3 Å². The summed E-state index contributed by atoms with van der Waals surface area (Å²) in [6.45, 7) is 0. The molecule has 1 saturated carbocycles. The molecule has 86 valence electrons. The van der Waals surface area contributed by atoms with Gasteiger partial charge in [0.25, 0.3) is 5.91 Å². The Hall–Kier alpha value is -1.75. The fraction of sp³-hybridized carbons (Fsp3) is 0.250. The number of hydrogen-bond donors (Lipinski definition) is 1. The van der Waals surface area contributed by atoms with Crippen LogP contribution < -0.4 is 5.32 Å². The number of nitrogens with one attached hydrogen (secondary N) is 1. The number of pyridine rings is 1. The molecule has 2 aromatic rings. The summed E-state index contributed by atoms with van der Waals surface area (Å²) in [6.07, 6.45) is 5.61. The van der Waals surface area contributed by atoms with E-state index in [1.807, 2.05) is 6.07 Å². The Kier molecular flexibility index (Phi) is 2.60. The maximum atomic E-state index is 11.9. The van der Waals surface area contributed by atoms with Crippen molar-refractivity contribution in [3.05, 3.63) is 35.6 Å². The van der Waals surface area contributed by atoms with Gasteiger partial charge in [0.2, 0.25) is 0 Å². The van der Waals surface area contributed by atoms with E-state index in [4.69, 9.17) is 0 Å². The van der Waals surface area contributed by atoms with Gasteiger partial charge in [0.05, 0.1) is 16.1 Å². The van der Waals surface area contributed by atoms with Crippen LogP contribution in [-0.2, 0) is 0 Å². The van der Waals surface area contributed by atoms with E-state index in [9.17, 15) is 4.79 Å². The molecule has 1 fully saturated rings. The Bertz CT molecular complexity index is 534. The van der Waals surface area contributed by atoms with Gasteiger partial charge in [-0.05, 0) is 25.0 Å². The van der Waals surface area contributed by atoms with Crippen LogP contribution in [0.2, 0.25) is 0 Å². The predicted octanol–water partition coefficient (Wildman–Crippen LogP) is 2.10. The maximum Gasteiger partial charge on any atom is 0.251 e. The fourth-order valence-corrected chi connectivity index (χ4v) is 2.13. The highest BCUT2D eigenvalue weighted by Gasteiger charge is 2.23. The Labute approximate surface area is 103 Å². The van der Waals surface area contributed by atoms with E-state index < -0.39 is 0 Å². The van der Waals surface area contributed by atoms with Gasteiger partial charge in [-0.2, -0.15) is 0 Å². The molecule has 0 spiro atoms. The minimum atomic E-state index is -0.0133. The third kappa shape index (κ3) is 2.34. The number of hydrogen-bond acceptors (Lipinski definition) is 4. The monoisotopic (exact) mass is 245 g/mol. The molecule has 4 nitrogen and oxygen atoms in total. The van der Waals surface area contributed by atoms with Crippen molar-refractivity contribution in [3.63, 3.8) is 0 Å². The number of carbonyl (C=O) groups is 1. The number of nitrogens with zero attached hydrogens (tertiary/aromatic N) is 2. The van der Waals surface area contributed by atoms with Crippen LogP contribution in [0, 0.1) is 0 Å². The van der Waals surface area contributed by atoms with Crippen molar-refractivity contribution >= 4 is 17.2 Å². The second kappa shape index (κ2) is 4.25. The minimum absolute atomic E-state index is 0.0133. The molecule has 3 rings (SSSR count). The van der Waals surface area contributed by atoms with Crippen LogP contribution in [0.15, 0.2) is 30.0 Å². The Morgan fingerprint density at radius 1 is 1.47 bits per heavy atom. The van der Waals surface area contributed by atoms with Crippen molar-refractivity contribution < 1.29 is 4.79 Å². The first kappa shape index (κ1) is 10.4. The summed E-state index contributed by atoms with van der Waals surface area (Å²) in [6, 6.07) is 3.93. The molecule has 1 N–H and O–H groups in total. The summed E-state index contributed by atoms with van der Waals surface area (Å²) in [5, 5.41) is 2.96. The van der Waals surface area contributed by atoms with Gasteiger partial charge in [-0.25, -0.2) is 0 Å². The molecule has 0 unspecified atom stereocenters. The fourth-order valence-electron chi connectivity index (χ4n) is 1.55. The topological polar surface area (TPSA) is 54.9 Å². The van der Waals surface area contributed by atoms with Crippen LogP contribution in [0.4, 0.5) is 0 Å². The zero-order chi connectivity index (χ0) is 11.7. The highest BCUT2D eigenvalue weighted by atomic mass is 32.1. The van der Waals surface area contributed by atoms with Crippen molar-refractivity contribution in [1.82, 2.24) is 15.3 Å². The van der Waals surface area contributed by atoms with Crippen molar-refractivity contribution in [3.8, 4) is 10.6 Å². The van der Waals surface area contributed by atoms with Crippen LogP contribution in [0.1, 0.15) is 23.2 Å². The quantitative estimate of drug-likeness (QED) is 0.901. The first-order valence-corrected chi connectivity index (χ1v) is 6.37. The maximum absolute atomic E-state index is 11.9. The summed E-state index contributed by atoms with van der Waals surface area (Å²) in [5.74, 6) is -0.0133. The minimum Gasteiger partial charge on any atom is -0.349 e. The average molecular weight is 245 g/mol. The Balaban J connectivity index is 1.85. The first-order valence-electron chi connectivity index (χ1n) is 5.49. The predicted molar refractivity (Wildman–Crippen MR) is 65.8 cm³/mol. The molecular formula is C12H11N3OS. The van der Waals surface area contributed by atoms with E-state index in [0.29, 0.717) is 11.6 Å². The summed E-state index contributed by atoms with van der Waals surface area (Å²) >= 11 is 1.52. The van der Waals surface area contributed by atoms with E-state index in [-0.39, 0.29) is 5.91 Å². The van der Waals surface area contributed by atoms with Crippen molar-refractivity contribution in [2.75, 3.05) is 0 Å². The van der Waals surface area contributed by atoms with Crippen molar-refractivity contribution in [2.24, 2.45) is 0 Å². The number of carbonyl (C=O) groups excluding carboxylic acids is 1. The second-order valence-corrected chi connectivity index (χ2v) is 4.93. The Morgan fingerprint density at radius 3 is 3.06 bits per heavy atom. The van der Waals surface area contributed by atoms with Gasteiger partial charge in [-0.1, -0.05) is 0 Å². The van der Waals surface area contributed by atoms with Crippen molar-refractivity contribution in [1.29, 1.82) is 0 Å². The van der Waals surface area contributed by atoms with Crippen LogP contribution in [0.3, 0.4) is 0 Å². The molecule has 0 bridgehead atoms. The van der Waals surface area contributed by atoms with Gasteiger partial charge in [0.1, 0.15) is 0 Å². The van der Waals surface area contributed by atoms with Crippen LogP contribution in [0.25, 0.3) is 10.6 Å². The molecule has 0 aromatic carbocycles. The molecule has 1 aliphatic rings. The number of rotatable bonds is 3. The summed E-state index contributed by atoms with van der Waals surface area (Å²) in [4.78, 5) is 21.1. The lowest BCUT2D eigenvalue weighted by Gasteiger charge is -2.04. The lowest BCUT2D eigenvalue weighted by Crippen LogP contribution is -2.25. The van der Waals surface area contributed by atoms with E-state index in [0.717, 1.165) is 23.4 Å². The molecule has 2 heterocycles. The zero-order valence-electron chi connectivity index (χ0n) is 9.09. The van der Waals surface area contributed by atoms with Gasteiger partial charge in [0.15, 0.2) is 0 Å². The Morgan fingerprint density at radius 2 is 2.35 bits per heavy atom. The van der Waals surface area contributed by atoms with Crippen LogP contribution in [0.5, 0.6) is 0 Å². The largest absolute Gasteiger partial charge is 0.349 e. The standard InChI is InChI=1S/C12H11N3OS/c16-12(15-9-1-2-9)8-3-4-14-10(5-8)11-6-13-7-17-11/h3-7,9H,1-2H2,(H,15,16). The van der Waals surface area contributed by atoms with Gasteiger partial charge < -0.3 is 5.32 Å². The van der Waals surface area contributed by atoms with E-state index >= 15 is 0 Å². The van der Waals surface area contributed by atoms with Gasteiger partial charge >= 0.3 is 0 Å². The van der Waals surface area contributed by atoms with Gasteiger partial charge in [-0.3, -0.25) is 14.8 Å². The molecule has 1 amide bonds. The lowest BCUT2D eigenvalue weighted by molar-refractivity contribution is 0.0951. The first-order chi connectivity index (χ1) is 8.33. The van der Waals surface area contributed by atoms with Crippen LogP contribution >= 0.6 is 11.3 Å². The third-order valence-corrected chi connectivity index (χ3v) is 3.42. The van der Waals surface area contributed by atoms with Crippen molar-refractivity contribution in [2.45, 2.75) is 18.9 Å². The molecule has 0 aliphatic heterocycles. The smallest absolute Gasteiger partial charge is 0.251 e. The second-order valence-electron chi connectivity index (χ2n) is 4.04.